The molecule has 0 atom stereocenters. The van der Waals surface area contributed by atoms with Crippen LogP contribution in [0.4, 0.5) is 0 Å². The summed E-state index contributed by atoms with van der Waals surface area (Å²) in [4.78, 5) is 2.54. The summed E-state index contributed by atoms with van der Waals surface area (Å²) in [6, 6.07) is 0. The Morgan fingerprint density at radius 3 is 2.00 bits per heavy atom. The van der Waals surface area contributed by atoms with Crippen molar-refractivity contribution in [2.24, 2.45) is 5.41 Å². The highest BCUT2D eigenvalue weighted by Crippen LogP contribution is 2.47. The molecule has 0 aromatic carbocycles. The summed E-state index contributed by atoms with van der Waals surface area (Å²) in [5.41, 5.74) is 0.843. The zero-order chi connectivity index (χ0) is 8.32. The summed E-state index contributed by atoms with van der Waals surface area (Å²) < 4.78 is 0. The molecule has 0 bridgehead atoms. The molecular formula is C10H21N. The lowest BCUT2D eigenvalue weighted by molar-refractivity contribution is -0.0564. The van der Waals surface area contributed by atoms with Crippen molar-refractivity contribution < 1.29 is 0 Å². The Kier molecular flexibility index (Phi) is 2.94. The van der Waals surface area contributed by atoms with E-state index in [0.717, 1.165) is 5.41 Å². The van der Waals surface area contributed by atoms with Gasteiger partial charge in [-0.3, -0.25) is 0 Å². The third-order valence-electron chi connectivity index (χ3n) is 2.98. The summed E-state index contributed by atoms with van der Waals surface area (Å²) in [6.45, 7) is 10.3. The van der Waals surface area contributed by atoms with E-state index in [1.807, 2.05) is 13.8 Å². The first-order chi connectivity index (χ1) is 5.35. The zero-order valence-electron chi connectivity index (χ0n) is 8.19. The average Bonchev–Trinajstić information content (AvgIpc) is 1.87. The van der Waals surface area contributed by atoms with E-state index in [4.69, 9.17) is 0 Å². The van der Waals surface area contributed by atoms with Crippen molar-refractivity contribution >= 4 is 0 Å². The fourth-order valence-corrected chi connectivity index (χ4v) is 2.12. The molecular weight excluding hydrogens is 134 g/mol. The highest BCUT2D eigenvalue weighted by molar-refractivity contribution is 4.99. The SMILES string of the molecule is CC.CCN1CC2(CCC2)C1. The van der Waals surface area contributed by atoms with Gasteiger partial charge in [0.15, 0.2) is 0 Å². The van der Waals surface area contributed by atoms with Crippen molar-refractivity contribution in [3.63, 3.8) is 0 Å². The van der Waals surface area contributed by atoms with Crippen LogP contribution < -0.4 is 0 Å². The van der Waals surface area contributed by atoms with Crippen molar-refractivity contribution in [2.45, 2.75) is 40.0 Å². The van der Waals surface area contributed by atoms with Crippen LogP contribution in [0.5, 0.6) is 0 Å². The van der Waals surface area contributed by atoms with Crippen molar-refractivity contribution in [3.8, 4) is 0 Å². The fraction of sp³-hybridized carbons (Fsp3) is 1.00. The van der Waals surface area contributed by atoms with Gasteiger partial charge in [-0.15, -0.1) is 0 Å². The molecule has 0 aromatic heterocycles. The van der Waals surface area contributed by atoms with Gasteiger partial charge < -0.3 is 4.90 Å². The number of hydrogen-bond acceptors (Lipinski definition) is 1. The van der Waals surface area contributed by atoms with Gasteiger partial charge in [0.1, 0.15) is 0 Å². The third-order valence-corrected chi connectivity index (χ3v) is 2.98. The number of nitrogens with zero attached hydrogens (tertiary/aromatic N) is 1. The van der Waals surface area contributed by atoms with Gasteiger partial charge >= 0.3 is 0 Å². The van der Waals surface area contributed by atoms with Gasteiger partial charge in [0.25, 0.3) is 0 Å². The molecule has 0 N–H and O–H groups in total. The van der Waals surface area contributed by atoms with Crippen LogP contribution in [0.2, 0.25) is 0 Å². The Hall–Kier alpha value is -0.0400. The molecule has 1 saturated heterocycles. The van der Waals surface area contributed by atoms with E-state index in [1.165, 1.54) is 38.9 Å². The first-order valence-corrected chi connectivity index (χ1v) is 5.07. The van der Waals surface area contributed by atoms with E-state index in [1.54, 1.807) is 0 Å². The summed E-state index contributed by atoms with van der Waals surface area (Å²) in [7, 11) is 0. The minimum absolute atomic E-state index is 0.843. The monoisotopic (exact) mass is 155 g/mol. The molecule has 1 aliphatic heterocycles. The Bertz CT molecular complexity index is 108. The molecule has 1 heteroatoms. The van der Waals surface area contributed by atoms with Gasteiger partial charge in [-0.2, -0.15) is 0 Å². The minimum atomic E-state index is 0.843. The number of rotatable bonds is 1. The molecule has 1 heterocycles. The van der Waals surface area contributed by atoms with Crippen molar-refractivity contribution in [1.82, 2.24) is 4.90 Å². The number of hydrogen-bond donors (Lipinski definition) is 0. The van der Waals surface area contributed by atoms with Crippen LogP contribution in [0.1, 0.15) is 40.0 Å². The molecule has 1 saturated carbocycles. The Morgan fingerprint density at radius 1 is 1.18 bits per heavy atom. The van der Waals surface area contributed by atoms with E-state index < -0.39 is 0 Å². The van der Waals surface area contributed by atoms with Crippen molar-refractivity contribution in [3.05, 3.63) is 0 Å². The topological polar surface area (TPSA) is 3.24 Å². The highest BCUT2D eigenvalue weighted by atomic mass is 15.2. The van der Waals surface area contributed by atoms with E-state index in [2.05, 4.69) is 11.8 Å². The maximum atomic E-state index is 2.54. The van der Waals surface area contributed by atoms with E-state index in [-0.39, 0.29) is 0 Å². The lowest BCUT2D eigenvalue weighted by Crippen LogP contribution is -2.59. The normalized spacial score (nSPS) is 26.5. The van der Waals surface area contributed by atoms with Crippen LogP contribution in [0, 0.1) is 5.41 Å². The van der Waals surface area contributed by atoms with Gasteiger partial charge in [-0.05, 0) is 24.8 Å². The molecule has 0 aromatic rings. The molecule has 1 aliphatic carbocycles. The average molecular weight is 155 g/mol. The molecule has 1 nitrogen and oxygen atoms in total. The number of likely N-dealkylation sites (tertiary alicyclic amines) is 1. The molecule has 0 amide bonds. The maximum Gasteiger partial charge on any atom is 0.00504 e. The van der Waals surface area contributed by atoms with Gasteiger partial charge in [-0.1, -0.05) is 27.2 Å². The Labute approximate surface area is 70.8 Å². The predicted molar refractivity (Wildman–Crippen MR) is 49.7 cm³/mol. The highest BCUT2D eigenvalue weighted by Gasteiger charge is 2.46. The van der Waals surface area contributed by atoms with E-state index >= 15 is 0 Å². The lowest BCUT2D eigenvalue weighted by Gasteiger charge is -2.56. The van der Waals surface area contributed by atoms with Gasteiger partial charge in [0, 0.05) is 13.1 Å². The molecule has 11 heavy (non-hydrogen) atoms. The molecule has 2 aliphatic rings. The van der Waals surface area contributed by atoms with Crippen LogP contribution in [-0.4, -0.2) is 24.5 Å². The van der Waals surface area contributed by atoms with Crippen LogP contribution in [0.25, 0.3) is 0 Å². The summed E-state index contributed by atoms with van der Waals surface area (Å²) in [5.74, 6) is 0. The van der Waals surface area contributed by atoms with Crippen molar-refractivity contribution in [2.75, 3.05) is 19.6 Å². The van der Waals surface area contributed by atoms with Crippen molar-refractivity contribution in [1.29, 1.82) is 0 Å². The predicted octanol–water partition coefficient (Wildman–Crippen LogP) is 2.52. The molecule has 0 radical (unpaired) electrons. The largest absolute Gasteiger partial charge is 0.302 e. The molecule has 1 spiro atoms. The first-order valence-electron chi connectivity index (χ1n) is 5.07. The second kappa shape index (κ2) is 3.57. The molecule has 66 valence electrons. The van der Waals surface area contributed by atoms with E-state index in [0.29, 0.717) is 0 Å². The summed E-state index contributed by atoms with van der Waals surface area (Å²) in [6.07, 6.45) is 4.53. The van der Waals surface area contributed by atoms with Gasteiger partial charge in [0.2, 0.25) is 0 Å². The Balaban J connectivity index is 0.000000281. The van der Waals surface area contributed by atoms with Crippen LogP contribution >= 0.6 is 0 Å². The Morgan fingerprint density at radius 2 is 1.73 bits per heavy atom. The van der Waals surface area contributed by atoms with Crippen LogP contribution in [0.3, 0.4) is 0 Å². The minimum Gasteiger partial charge on any atom is -0.302 e. The second-order valence-electron chi connectivity index (χ2n) is 3.66. The fourth-order valence-electron chi connectivity index (χ4n) is 2.12. The molecule has 2 fully saturated rings. The molecule has 0 unspecified atom stereocenters. The molecule has 2 rings (SSSR count). The second-order valence-corrected chi connectivity index (χ2v) is 3.66. The van der Waals surface area contributed by atoms with E-state index in [9.17, 15) is 0 Å². The third kappa shape index (κ3) is 1.58. The maximum absolute atomic E-state index is 2.54. The quantitative estimate of drug-likeness (QED) is 0.562. The van der Waals surface area contributed by atoms with Gasteiger partial charge in [0.05, 0.1) is 0 Å². The first kappa shape index (κ1) is 9.05. The zero-order valence-corrected chi connectivity index (χ0v) is 8.19. The standard InChI is InChI=1S/C8H15N.C2H6/c1-2-9-6-8(7-9)4-3-5-8;1-2/h2-7H2,1H3;1-2H3. The smallest absolute Gasteiger partial charge is 0.00504 e. The summed E-state index contributed by atoms with van der Waals surface area (Å²) >= 11 is 0. The van der Waals surface area contributed by atoms with Crippen LogP contribution in [-0.2, 0) is 0 Å². The lowest BCUT2D eigenvalue weighted by atomic mass is 9.64. The summed E-state index contributed by atoms with van der Waals surface area (Å²) in [5, 5.41) is 0. The van der Waals surface area contributed by atoms with Crippen LogP contribution in [0.15, 0.2) is 0 Å². The van der Waals surface area contributed by atoms with Gasteiger partial charge in [-0.25, -0.2) is 0 Å².